The summed E-state index contributed by atoms with van der Waals surface area (Å²) < 4.78 is 23.1. The monoisotopic (exact) mass is 668 g/mol. The number of halogens is 1. The number of benzene rings is 2. The normalized spacial score (nSPS) is 26.8. The second-order valence-corrected chi connectivity index (χ2v) is 13.7. The van der Waals surface area contributed by atoms with Gasteiger partial charge in [-0.3, -0.25) is 14.4 Å². The van der Waals surface area contributed by atoms with Gasteiger partial charge in [-0.15, -0.1) is 0 Å². The maximum absolute atomic E-state index is 13.6. The number of nitrogens with one attached hydrogen (secondary N) is 2. The fourth-order valence-electron chi connectivity index (χ4n) is 5.46. The van der Waals surface area contributed by atoms with Crippen LogP contribution in [-0.4, -0.2) is 61.8 Å². The van der Waals surface area contributed by atoms with Crippen molar-refractivity contribution in [2.24, 2.45) is 17.3 Å². The average Bonchev–Trinajstić information content (AvgIpc) is 3.83. The molecule has 2 aromatic rings. The van der Waals surface area contributed by atoms with Gasteiger partial charge in [0.05, 0.1) is 23.7 Å². The maximum atomic E-state index is 13.6. The summed E-state index contributed by atoms with van der Waals surface area (Å²) in [5.41, 5.74) is 0.524. The van der Waals surface area contributed by atoms with Crippen molar-refractivity contribution in [1.82, 2.24) is 10.6 Å². The Balaban J connectivity index is 1.61. The van der Waals surface area contributed by atoms with Gasteiger partial charge in [0.25, 0.3) is 0 Å². The zero-order chi connectivity index (χ0) is 34.3. The van der Waals surface area contributed by atoms with Crippen molar-refractivity contribution in [2.45, 2.75) is 84.3 Å². The van der Waals surface area contributed by atoms with E-state index in [2.05, 4.69) is 10.6 Å². The van der Waals surface area contributed by atoms with E-state index in [1.165, 1.54) is 13.2 Å². The minimum atomic E-state index is -1.20. The topological polar surface area (TPSA) is 133 Å². The summed E-state index contributed by atoms with van der Waals surface area (Å²) >= 11 is 6.32. The standard InChI is InChI=1S/C36H45ClN2O8/c1-21(2)17-29-34(42)45-27(22(3)31-32(47-31)24-11-8-7-9-12-24)13-10-14-30(40)39-26(19-23-15-16-28(44-6)25(37)18-23)33(41)38-20-36(4,5)35(43)46-29/h7-12,14-16,18,21-22,26-27,29,31-32H,13,17,19-20H2,1-6H3,(H,38,41)(H,39,40)/b14-10+. The Morgan fingerprint density at radius 1 is 1.02 bits per heavy atom. The zero-order valence-corrected chi connectivity index (χ0v) is 28.5. The van der Waals surface area contributed by atoms with E-state index in [1.807, 2.05) is 51.1 Å². The van der Waals surface area contributed by atoms with Crippen LogP contribution in [0.2, 0.25) is 5.02 Å². The van der Waals surface area contributed by atoms with Crippen molar-refractivity contribution in [1.29, 1.82) is 0 Å². The van der Waals surface area contributed by atoms with Crippen molar-refractivity contribution >= 4 is 35.4 Å². The first-order valence-corrected chi connectivity index (χ1v) is 16.4. The summed E-state index contributed by atoms with van der Waals surface area (Å²) in [7, 11) is 1.51. The molecule has 10 nitrogen and oxygen atoms in total. The summed E-state index contributed by atoms with van der Waals surface area (Å²) in [5, 5.41) is 5.91. The molecule has 6 unspecified atom stereocenters. The molecule has 47 heavy (non-hydrogen) atoms. The van der Waals surface area contributed by atoms with E-state index in [9.17, 15) is 19.2 Å². The summed E-state index contributed by atoms with van der Waals surface area (Å²) in [6.45, 7) is 8.92. The molecule has 1 fully saturated rings. The second-order valence-electron chi connectivity index (χ2n) is 13.3. The molecule has 2 aliphatic rings. The van der Waals surface area contributed by atoms with Gasteiger partial charge in [0.1, 0.15) is 24.0 Å². The number of hydrogen-bond donors (Lipinski definition) is 2. The van der Waals surface area contributed by atoms with Gasteiger partial charge in [-0.1, -0.05) is 74.8 Å². The third kappa shape index (κ3) is 9.81. The van der Waals surface area contributed by atoms with Gasteiger partial charge in [-0.2, -0.15) is 0 Å². The molecule has 0 radical (unpaired) electrons. The Labute approximate surface area is 281 Å². The Kier molecular flexibility index (Phi) is 12.1. The van der Waals surface area contributed by atoms with Gasteiger partial charge < -0.3 is 29.6 Å². The molecule has 0 bridgehead atoms. The Morgan fingerprint density at radius 2 is 1.74 bits per heavy atom. The van der Waals surface area contributed by atoms with Gasteiger partial charge in [0.2, 0.25) is 11.8 Å². The molecular formula is C36H45ClN2O8. The number of cyclic esters (lactones) is 2. The fourth-order valence-corrected chi connectivity index (χ4v) is 5.75. The molecule has 0 spiro atoms. The first kappa shape index (κ1) is 36.0. The molecule has 4 rings (SSSR count). The highest BCUT2D eigenvalue weighted by molar-refractivity contribution is 6.32. The molecule has 2 aliphatic heterocycles. The molecule has 1 saturated heterocycles. The number of hydrogen-bond acceptors (Lipinski definition) is 8. The predicted octanol–water partition coefficient (Wildman–Crippen LogP) is 5.12. The Bertz CT molecular complexity index is 1460. The van der Waals surface area contributed by atoms with Crippen LogP contribution in [0.1, 0.15) is 64.7 Å². The first-order chi connectivity index (χ1) is 22.3. The lowest BCUT2D eigenvalue weighted by molar-refractivity contribution is -0.179. The number of amides is 2. The van der Waals surface area contributed by atoms with E-state index >= 15 is 0 Å². The lowest BCUT2D eigenvalue weighted by atomic mass is 9.92. The van der Waals surface area contributed by atoms with Crippen LogP contribution in [0.3, 0.4) is 0 Å². The van der Waals surface area contributed by atoms with Crippen molar-refractivity contribution < 1.29 is 38.1 Å². The number of esters is 2. The minimum absolute atomic E-state index is 0.0228. The number of methoxy groups -OCH3 is 1. The van der Waals surface area contributed by atoms with E-state index < -0.39 is 47.4 Å². The molecule has 0 saturated carbocycles. The highest BCUT2D eigenvalue weighted by Gasteiger charge is 2.48. The van der Waals surface area contributed by atoms with Crippen LogP contribution in [0.15, 0.2) is 60.7 Å². The quantitative estimate of drug-likeness (QED) is 0.293. The fraction of sp³-hybridized carbons (Fsp3) is 0.500. The zero-order valence-electron chi connectivity index (χ0n) is 27.8. The van der Waals surface area contributed by atoms with Gasteiger partial charge in [0, 0.05) is 25.3 Å². The molecule has 0 aromatic heterocycles. The highest BCUT2D eigenvalue weighted by atomic mass is 35.5. The summed E-state index contributed by atoms with van der Waals surface area (Å²) in [6, 6.07) is 13.9. The third-order valence-electron chi connectivity index (χ3n) is 8.41. The maximum Gasteiger partial charge on any atom is 0.347 e. The van der Waals surface area contributed by atoms with E-state index in [4.69, 9.17) is 30.5 Å². The summed E-state index contributed by atoms with van der Waals surface area (Å²) in [5.74, 6) is -2.06. The summed E-state index contributed by atoms with van der Waals surface area (Å²) in [4.78, 5) is 53.6. The van der Waals surface area contributed by atoms with E-state index in [-0.39, 0.29) is 49.9 Å². The van der Waals surface area contributed by atoms with Crippen molar-refractivity contribution in [3.05, 3.63) is 76.8 Å². The average molecular weight is 669 g/mol. The molecule has 2 amide bonds. The van der Waals surface area contributed by atoms with Gasteiger partial charge in [-0.05, 0) is 55.5 Å². The smallest absolute Gasteiger partial charge is 0.347 e. The number of ether oxygens (including phenoxy) is 4. The predicted molar refractivity (Wildman–Crippen MR) is 177 cm³/mol. The van der Waals surface area contributed by atoms with Crippen LogP contribution in [-0.2, 0) is 39.8 Å². The van der Waals surface area contributed by atoms with E-state index in [1.54, 1.807) is 38.1 Å². The van der Waals surface area contributed by atoms with Crippen molar-refractivity contribution in [3.8, 4) is 5.75 Å². The van der Waals surface area contributed by atoms with Gasteiger partial charge >= 0.3 is 11.9 Å². The van der Waals surface area contributed by atoms with Crippen LogP contribution in [0.4, 0.5) is 0 Å². The van der Waals surface area contributed by atoms with Crippen LogP contribution in [0.5, 0.6) is 5.75 Å². The molecule has 2 aromatic carbocycles. The lowest BCUT2D eigenvalue weighted by Gasteiger charge is -2.29. The van der Waals surface area contributed by atoms with Crippen LogP contribution < -0.4 is 15.4 Å². The largest absolute Gasteiger partial charge is 0.495 e. The van der Waals surface area contributed by atoms with Gasteiger partial charge in [0.15, 0.2) is 6.10 Å². The first-order valence-electron chi connectivity index (χ1n) is 16.0. The molecule has 2 N–H and O–H groups in total. The number of epoxide rings is 1. The molecular weight excluding hydrogens is 624 g/mol. The number of carbonyl (C=O) groups excluding carboxylic acids is 4. The SMILES string of the molecule is COc1ccc(CC2NC(=O)/C=C/CC(C(C)C3OC3c3ccccc3)OC(=O)C(CC(C)C)OC(=O)C(C)(C)CNC2=O)cc1Cl. The Hall–Kier alpha value is -3.89. The minimum Gasteiger partial charge on any atom is -0.495 e. The number of carbonyl (C=O) groups is 4. The molecule has 0 aliphatic carbocycles. The number of rotatable bonds is 8. The van der Waals surface area contributed by atoms with Crippen molar-refractivity contribution in [3.63, 3.8) is 0 Å². The van der Waals surface area contributed by atoms with E-state index in [0.717, 1.165) is 5.56 Å². The third-order valence-corrected chi connectivity index (χ3v) is 8.70. The second kappa shape index (κ2) is 15.8. The molecule has 11 heteroatoms. The van der Waals surface area contributed by atoms with Gasteiger partial charge in [-0.25, -0.2) is 4.79 Å². The summed E-state index contributed by atoms with van der Waals surface area (Å²) in [6.07, 6.45) is 1.34. The van der Waals surface area contributed by atoms with E-state index in [0.29, 0.717) is 16.3 Å². The van der Waals surface area contributed by atoms with Crippen LogP contribution >= 0.6 is 11.6 Å². The molecule has 254 valence electrons. The van der Waals surface area contributed by atoms with Crippen LogP contribution in [0, 0.1) is 17.3 Å². The van der Waals surface area contributed by atoms with Crippen LogP contribution in [0.25, 0.3) is 0 Å². The molecule has 6 atom stereocenters. The molecule has 2 heterocycles. The lowest BCUT2D eigenvalue weighted by Crippen LogP contribution is -2.51. The highest BCUT2D eigenvalue weighted by Crippen LogP contribution is 2.45. The van der Waals surface area contributed by atoms with Crippen molar-refractivity contribution in [2.75, 3.05) is 13.7 Å². The Morgan fingerprint density at radius 3 is 2.40 bits per heavy atom.